The van der Waals surface area contributed by atoms with Gasteiger partial charge in [-0.1, -0.05) is 30.3 Å². The van der Waals surface area contributed by atoms with E-state index in [1.807, 2.05) is 51.1 Å². The fraction of sp³-hybridized carbons (Fsp3) is 0.375. The molecule has 2 aliphatic rings. The van der Waals surface area contributed by atoms with Crippen molar-refractivity contribution in [3.05, 3.63) is 59.2 Å². The van der Waals surface area contributed by atoms with Crippen molar-refractivity contribution in [2.75, 3.05) is 13.1 Å². The first-order valence-electron chi connectivity index (χ1n) is 10.3. The molecule has 0 atom stereocenters. The summed E-state index contributed by atoms with van der Waals surface area (Å²) in [5.74, 6) is -0.238. The molecular weight excluding hydrogens is 380 g/mol. The van der Waals surface area contributed by atoms with E-state index in [4.69, 9.17) is 4.74 Å². The molecule has 0 bridgehead atoms. The number of ketones is 1. The Hall–Kier alpha value is -3.15. The van der Waals surface area contributed by atoms with E-state index in [1.165, 1.54) is 0 Å². The standard InChI is InChI=1S/C24H26N2O4/c1-24(2,3)30-23(29)26-12-10-16(11-13-26)25-22(28)15-8-9-18-17-6-4-5-7-19(17)21(27)20(18)14-15/h4-9,14,16H,10-13H2,1-3H3,(H,25,28). The molecule has 0 spiro atoms. The van der Waals surface area contributed by atoms with Gasteiger partial charge in [0.1, 0.15) is 5.60 Å². The summed E-state index contributed by atoms with van der Waals surface area (Å²) in [6.07, 6.45) is 1.02. The number of piperidine rings is 1. The van der Waals surface area contributed by atoms with Crippen molar-refractivity contribution in [2.45, 2.75) is 45.3 Å². The molecule has 1 aliphatic carbocycles. The molecule has 1 saturated heterocycles. The Balaban J connectivity index is 1.38. The van der Waals surface area contributed by atoms with Gasteiger partial charge >= 0.3 is 6.09 Å². The highest BCUT2D eigenvalue weighted by molar-refractivity contribution is 6.22. The first-order chi connectivity index (χ1) is 14.2. The summed E-state index contributed by atoms with van der Waals surface area (Å²) < 4.78 is 5.41. The number of carbonyl (C=O) groups is 3. The van der Waals surface area contributed by atoms with Gasteiger partial charge in [-0.15, -0.1) is 0 Å². The van der Waals surface area contributed by atoms with Crippen LogP contribution in [0.15, 0.2) is 42.5 Å². The van der Waals surface area contributed by atoms with Crippen LogP contribution in [0.5, 0.6) is 0 Å². The minimum Gasteiger partial charge on any atom is -0.444 e. The fourth-order valence-corrected chi connectivity index (χ4v) is 3.97. The maximum atomic E-state index is 12.8. The normalized spacial score (nSPS) is 16.1. The average Bonchev–Trinajstić information content (AvgIpc) is 2.99. The maximum Gasteiger partial charge on any atom is 0.410 e. The highest BCUT2D eigenvalue weighted by Crippen LogP contribution is 2.36. The van der Waals surface area contributed by atoms with Gasteiger partial charge < -0.3 is 15.0 Å². The number of fused-ring (bicyclic) bond motifs is 3. The van der Waals surface area contributed by atoms with Crippen molar-refractivity contribution in [1.29, 1.82) is 0 Å². The Morgan fingerprint density at radius 3 is 2.27 bits per heavy atom. The Morgan fingerprint density at radius 2 is 1.60 bits per heavy atom. The van der Waals surface area contributed by atoms with Crippen molar-refractivity contribution in [3.8, 4) is 11.1 Å². The molecule has 2 aromatic carbocycles. The molecule has 0 radical (unpaired) electrons. The lowest BCUT2D eigenvalue weighted by Gasteiger charge is -2.33. The van der Waals surface area contributed by atoms with E-state index in [0.717, 1.165) is 11.1 Å². The van der Waals surface area contributed by atoms with Crippen LogP contribution in [0.2, 0.25) is 0 Å². The second-order valence-corrected chi connectivity index (χ2v) is 8.85. The lowest BCUT2D eigenvalue weighted by Crippen LogP contribution is -2.47. The Kier molecular flexibility index (Phi) is 5.10. The molecule has 1 heterocycles. The lowest BCUT2D eigenvalue weighted by molar-refractivity contribution is 0.0199. The number of rotatable bonds is 2. The molecule has 1 fully saturated rings. The summed E-state index contributed by atoms with van der Waals surface area (Å²) in [5.41, 5.74) is 3.00. The summed E-state index contributed by atoms with van der Waals surface area (Å²) in [5, 5.41) is 3.04. The largest absolute Gasteiger partial charge is 0.444 e. The molecule has 0 aromatic heterocycles. The second kappa shape index (κ2) is 7.59. The van der Waals surface area contributed by atoms with E-state index in [1.54, 1.807) is 17.0 Å². The van der Waals surface area contributed by atoms with E-state index in [0.29, 0.717) is 42.6 Å². The van der Waals surface area contributed by atoms with Crippen LogP contribution in [0.4, 0.5) is 4.79 Å². The summed E-state index contributed by atoms with van der Waals surface area (Å²) in [6.45, 7) is 6.61. The summed E-state index contributed by atoms with van der Waals surface area (Å²) in [6, 6.07) is 12.8. The molecule has 6 heteroatoms. The van der Waals surface area contributed by atoms with Crippen molar-refractivity contribution in [2.24, 2.45) is 0 Å². The van der Waals surface area contributed by atoms with E-state index >= 15 is 0 Å². The van der Waals surface area contributed by atoms with Gasteiger partial charge in [0.05, 0.1) is 0 Å². The number of ether oxygens (including phenoxy) is 1. The van der Waals surface area contributed by atoms with Gasteiger partial charge in [-0.3, -0.25) is 9.59 Å². The Morgan fingerprint density at radius 1 is 0.967 bits per heavy atom. The van der Waals surface area contributed by atoms with Crippen LogP contribution in [-0.4, -0.2) is 47.4 Å². The van der Waals surface area contributed by atoms with Gasteiger partial charge in [-0.25, -0.2) is 4.79 Å². The quantitative estimate of drug-likeness (QED) is 0.697. The molecular formula is C24H26N2O4. The predicted molar refractivity (Wildman–Crippen MR) is 114 cm³/mol. The minimum absolute atomic E-state index is 0.0164. The number of nitrogens with one attached hydrogen (secondary N) is 1. The number of likely N-dealkylation sites (tertiary alicyclic amines) is 1. The summed E-state index contributed by atoms with van der Waals surface area (Å²) in [4.78, 5) is 39.3. The summed E-state index contributed by atoms with van der Waals surface area (Å²) in [7, 11) is 0. The summed E-state index contributed by atoms with van der Waals surface area (Å²) >= 11 is 0. The van der Waals surface area contributed by atoms with E-state index in [9.17, 15) is 14.4 Å². The zero-order valence-electron chi connectivity index (χ0n) is 17.5. The van der Waals surface area contributed by atoms with E-state index < -0.39 is 5.60 Å². The molecule has 156 valence electrons. The van der Waals surface area contributed by atoms with Crippen LogP contribution in [0, 0.1) is 0 Å². The van der Waals surface area contributed by atoms with Crippen LogP contribution in [0.25, 0.3) is 11.1 Å². The van der Waals surface area contributed by atoms with Crippen LogP contribution in [0.1, 0.15) is 59.9 Å². The SMILES string of the molecule is CC(C)(C)OC(=O)N1CCC(NC(=O)c2ccc3c(c2)C(=O)c2ccccc2-3)CC1. The third-order valence-corrected chi connectivity index (χ3v) is 5.47. The van der Waals surface area contributed by atoms with Gasteiger partial charge in [0.25, 0.3) is 5.91 Å². The van der Waals surface area contributed by atoms with Crippen molar-refractivity contribution < 1.29 is 19.1 Å². The molecule has 6 nitrogen and oxygen atoms in total. The molecule has 1 aliphatic heterocycles. The molecule has 2 aromatic rings. The molecule has 4 rings (SSSR count). The fourth-order valence-electron chi connectivity index (χ4n) is 3.97. The van der Waals surface area contributed by atoms with Crippen molar-refractivity contribution >= 4 is 17.8 Å². The van der Waals surface area contributed by atoms with E-state index in [2.05, 4.69) is 5.32 Å². The third kappa shape index (κ3) is 3.95. The van der Waals surface area contributed by atoms with Gasteiger partial charge in [-0.05, 0) is 56.9 Å². The van der Waals surface area contributed by atoms with Crippen LogP contribution in [0.3, 0.4) is 0 Å². The number of nitrogens with zero attached hydrogens (tertiary/aromatic N) is 1. The first-order valence-corrected chi connectivity index (χ1v) is 10.3. The number of hydrogen-bond acceptors (Lipinski definition) is 4. The third-order valence-electron chi connectivity index (χ3n) is 5.47. The molecule has 0 unspecified atom stereocenters. The average molecular weight is 406 g/mol. The molecule has 0 saturated carbocycles. The van der Waals surface area contributed by atoms with E-state index in [-0.39, 0.29) is 23.8 Å². The van der Waals surface area contributed by atoms with Crippen molar-refractivity contribution in [1.82, 2.24) is 10.2 Å². The molecule has 1 N–H and O–H groups in total. The highest BCUT2D eigenvalue weighted by atomic mass is 16.6. The maximum absolute atomic E-state index is 12.8. The zero-order chi connectivity index (χ0) is 21.5. The van der Waals surface area contributed by atoms with Crippen molar-refractivity contribution in [3.63, 3.8) is 0 Å². The topological polar surface area (TPSA) is 75.7 Å². The first kappa shape index (κ1) is 20.1. The van der Waals surface area contributed by atoms with Crippen LogP contribution >= 0.6 is 0 Å². The Bertz CT molecular complexity index is 1010. The number of carbonyl (C=O) groups excluding carboxylic acids is 3. The molecule has 30 heavy (non-hydrogen) atoms. The number of amides is 2. The second-order valence-electron chi connectivity index (χ2n) is 8.85. The lowest BCUT2D eigenvalue weighted by atomic mass is 10.0. The predicted octanol–water partition coefficient (Wildman–Crippen LogP) is 4.03. The van der Waals surface area contributed by atoms with Gasteiger partial charge in [0.15, 0.2) is 5.78 Å². The van der Waals surface area contributed by atoms with Crippen LogP contribution in [-0.2, 0) is 4.74 Å². The van der Waals surface area contributed by atoms with Gasteiger partial charge in [0, 0.05) is 35.8 Å². The van der Waals surface area contributed by atoms with Gasteiger partial charge in [-0.2, -0.15) is 0 Å². The smallest absolute Gasteiger partial charge is 0.410 e. The zero-order valence-corrected chi connectivity index (χ0v) is 17.5. The monoisotopic (exact) mass is 406 g/mol. The van der Waals surface area contributed by atoms with Crippen LogP contribution < -0.4 is 5.32 Å². The number of benzene rings is 2. The Labute approximate surface area is 176 Å². The number of hydrogen-bond donors (Lipinski definition) is 1. The minimum atomic E-state index is -0.521. The molecule has 2 amide bonds. The highest BCUT2D eigenvalue weighted by Gasteiger charge is 2.29. The van der Waals surface area contributed by atoms with Gasteiger partial charge in [0.2, 0.25) is 0 Å².